The van der Waals surface area contributed by atoms with Crippen LogP contribution in [0, 0.1) is 0 Å². The van der Waals surface area contributed by atoms with E-state index in [2.05, 4.69) is 16.3 Å². The molecule has 21 heavy (non-hydrogen) atoms. The maximum Gasteiger partial charge on any atom is 0.234 e. The van der Waals surface area contributed by atoms with Crippen molar-refractivity contribution in [3.63, 3.8) is 0 Å². The van der Waals surface area contributed by atoms with Crippen molar-refractivity contribution in [3.05, 3.63) is 22.4 Å². The van der Waals surface area contributed by atoms with E-state index in [1.165, 1.54) is 4.88 Å². The fraction of sp³-hybridized carbons (Fsp3) is 0.600. The molecule has 0 radical (unpaired) electrons. The minimum atomic E-state index is 0.0648. The van der Waals surface area contributed by atoms with E-state index in [1.807, 2.05) is 23.3 Å². The van der Waals surface area contributed by atoms with Gasteiger partial charge in [0.05, 0.1) is 6.54 Å². The molecule has 1 aliphatic rings. The van der Waals surface area contributed by atoms with Gasteiger partial charge >= 0.3 is 0 Å². The van der Waals surface area contributed by atoms with Crippen molar-refractivity contribution in [1.29, 1.82) is 0 Å². The molecule has 2 rings (SSSR count). The number of thiophene rings is 1. The molecule has 5 nitrogen and oxygen atoms in total. The minimum absolute atomic E-state index is 0.0648. The summed E-state index contributed by atoms with van der Waals surface area (Å²) in [5.41, 5.74) is 0. The van der Waals surface area contributed by atoms with Gasteiger partial charge in [0.25, 0.3) is 0 Å². The largest absolute Gasteiger partial charge is 0.355 e. The Hall–Kier alpha value is -1.40. The van der Waals surface area contributed by atoms with E-state index in [0.717, 1.165) is 32.6 Å². The lowest BCUT2D eigenvalue weighted by atomic mass is 10.2. The summed E-state index contributed by atoms with van der Waals surface area (Å²) in [4.78, 5) is 29.0. The molecule has 0 aromatic carbocycles. The van der Waals surface area contributed by atoms with E-state index in [1.54, 1.807) is 11.3 Å². The first-order valence-corrected chi connectivity index (χ1v) is 8.36. The maximum absolute atomic E-state index is 12.2. The zero-order valence-corrected chi connectivity index (χ0v) is 13.3. The van der Waals surface area contributed by atoms with Crippen molar-refractivity contribution in [2.75, 3.05) is 39.3 Å². The smallest absolute Gasteiger partial charge is 0.234 e. The third kappa shape index (κ3) is 5.13. The fourth-order valence-electron chi connectivity index (χ4n) is 2.45. The standard InChI is InChI=1S/C15H23N3O2S/c1-2-16-14(19)12-17-7-9-18(10-8-17)15(20)6-5-13-4-3-11-21-13/h3-4,11H,2,5-10,12H2,1H3,(H,16,19). The van der Waals surface area contributed by atoms with Gasteiger partial charge in [0.1, 0.15) is 0 Å². The first kappa shape index (κ1) is 16.0. The van der Waals surface area contributed by atoms with Crippen LogP contribution in [0.4, 0.5) is 0 Å². The van der Waals surface area contributed by atoms with Crippen LogP contribution in [0.1, 0.15) is 18.2 Å². The van der Waals surface area contributed by atoms with Crippen LogP contribution < -0.4 is 5.32 Å². The Kier molecular flexibility index (Phi) is 6.20. The highest BCUT2D eigenvalue weighted by Gasteiger charge is 2.21. The molecule has 1 aromatic heterocycles. The van der Waals surface area contributed by atoms with E-state index < -0.39 is 0 Å². The highest BCUT2D eigenvalue weighted by atomic mass is 32.1. The molecule has 1 aliphatic heterocycles. The maximum atomic E-state index is 12.2. The lowest BCUT2D eigenvalue weighted by Crippen LogP contribution is -2.51. The molecule has 0 unspecified atom stereocenters. The van der Waals surface area contributed by atoms with Crippen molar-refractivity contribution in [2.24, 2.45) is 0 Å². The predicted molar refractivity (Wildman–Crippen MR) is 84.3 cm³/mol. The van der Waals surface area contributed by atoms with Gasteiger partial charge in [0, 0.05) is 44.0 Å². The molecule has 0 bridgehead atoms. The lowest BCUT2D eigenvalue weighted by Gasteiger charge is -2.34. The Morgan fingerprint density at radius 1 is 1.29 bits per heavy atom. The third-order valence-electron chi connectivity index (χ3n) is 3.63. The topological polar surface area (TPSA) is 52.7 Å². The summed E-state index contributed by atoms with van der Waals surface area (Å²) in [6.07, 6.45) is 1.41. The molecule has 0 saturated carbocycles. The molecular formula is C15H23N3O2S. The molecule has 1 aromatic rings. The van der Waals surface area contributed by atoms with Gasteiger partial charge in [-0.25, -0.2) is 0 Å². The summed E-state index contributed by atoms with van der Waals surface area (Å²) in [7, 11) is 0. The van der Waals surface area contributed by atoms with Crippen molar-refractivity contribution in [1.82, 2.24) is 15.1 Å². The molecule has 0 aliphatic carbocycles. The number of hydrogen-bond acceptors (Lipinski definition) is 4. The number of aryl methyl sites for hydroxylation is 1. The number of piperazine rings is 1. The average molecular weight is 309 g/mol. The third-order valence-corrected chi connectivity index (χ3v) is 4.57. The van der Waals surface area contributed by atoms with Crippen LogP contribution >= 0.6 is 11.3 Å². The van der Waals surface area contributed by atoms with E-state index in [0.29, 0.717) is 19.5 Å². The van der Waals surface area contributed by atoms with Gasteiger partial charge < -0.3 is 10.2 Å². The monoisotopic (exact) mass is 309 g/mol. The van der Waals surface area contributed by atoms with Gasteiger partial charge in [-0.15, -0.1) is 11.3 Å². The van der Waals surface area contributed by atoms with Crippen LogP contribution in [-0.4, -0.2) is 60.9 Å². The fourth-order valence-corrected chi connectivity index (χ4v) is 3.16. The molecule has 6 heteroatoms. The zero-order valence-electron chi connectivity index (χ0n) is 12.5. The van der Waals surface area contributed by atoms with Crippen LogP contribution in [0.2, 0.25) is 0 Å². The Bertz CT molecular complexity index is 453. The summed E-state index contributed by atoms with van der Waals surface area (Å²) < 4.78 is 0. The Balaban J connectivity index is 1.68. The van der Waals surface area contributed by atoms with Crippen molar-refractivity contribution < 1.29 is 9.59 Å². The first-order valence-electron chi connectivity index (χ1n) is 7.48. The molecule has 116 valence electrons. The number of hydrogen-bond donors (Lipinski definition) is 1. The molecule has 2 heterocycles. The number of nitrogens with zero attached hydrogens (tertiary/aromatic N) is 2. The van der Waals surface area contributed by atoms with Gasteiger partial charge in [-0.05, 0) is 24.8 Å². The van der Waals surface area contributed by atoms with Crippen molar-refractivity contribution >= 4 is 23.2 Å². The van der Waals surface area contributed by atoms with Crippen LogP contribution in [0.15, 0.2) is 17.5 Å². The van der Waals surface area contributed by atoms with Gasteiger partial charge in [-0.2, -0.15) is 0 Å². The molecule has 0 spiro atoms. The summed E-state index contributed by atoms with van der Waals surface area (Å²) >= 11 is 1.70. The first-order chi connectivity index (χ1) is 10.2. The van der Waals surface area contributed by atoms with E-state index in [9.17, 15) is 9.59 Å². The molecule has 1 saturated heterocycles. The van der Waals surface area contributed by atoms with Gasteiger partial charge in [-0.3, -0.25) is 14.5 Å². The summed E-state index contributed by atoms with van der Waals surface area (Å²) in [5.74, 6) is 0.288. The number of rotatable bonds is 6. The zero-order chi connectivity index (χ0) is 15.1. The van der Waals surface area contributed by atoms with Gasteiger partial charge in [0.15, 0.2) is 0 Å². The number of likely N-dealkylation sites (N-methyl/N-ethyl adjacent to an activating group) is 1. The molecule has 2 amide bonds. The minimum Gasteiger partial charge on any atom is -0.355 e. The molecule has 1 fully saturated rings. The summed E-state index contributed by atoms with van der Waals surface area (Å²) in [6.45, 7) is 6.03. The second-order valence-electron chi connectivity index (χ2n) is 5.19. The summed E-state index contributed by atoms with van der Waals surface area (Å²) in [5, 5.41) is 4.84. The van der Waals surface area contributed by atoms with Crippen LogP contribution in [0.25, 0.3) is 0 Å². The van der Waals surface area contributed by atoms with Crippen molar-refractivity contribution in [3.8, 4) is 0 Å². The second kappa shape index (κ2) is 8.14. The van der Waals surface area contributed by atoms with Gasteiger partial charge in [-0.1, -0.05) is 6.07 Å². The Morgan fingerprint density at radius 3 is 2.67 bits per heavy atom. The van der Waals surface area contributed by atoms with E-state index >= 15 is 0 Å². The van der Waals surface area contributed by atoms with Crippen LogP contribution in [0.5, 0.6) is 0 Å². The Labute approximate surface area is 129 Å². The highest BCUT2D eigenvalue weighted by molar-refractivity contribution is 7.09. The molecule has 1 N–H and O–H groups in total. The summed E-state index contributed by atoms with van der Waals surface area (Å²) in [6, 6.07) is 4.09. The van der Waals surface area contributed by atoms with Crippen LogP contribution in [0.3, 0.4) is 0 Å². The molecule has 0 atom stereocenters. The van der Waals surface area contributed by atoms with Crippen molar-refractivity contribution in [2.45, 2.75) is 19.8 Å². The predicted octanol–water partition coefficient (Wildman–Crippen LogP) is 0.961. The number of amides is 2. The number of carbonyl (C=O) groups excluding carboxylic acids is 2. The second-order valence-corrected chi connectivity index (χ2v) is 6.22. The average Bonchev–Trinajstić information content (AvgIpc) is 2.99. The quantitative estimate of drug-likeness (QED) is 0.851. The normalized spacial score (nSPS) is 16.0. The van der Waals surface area contributed by atoms with E-state index in [4.69, 9.17) is 0 Å². The van der Waals surface area contributed by atoms with Gasteiger partial charge in [0.2, 0.25) is 11.8 Å². The lowest BCUT2D eigenvalue weighted by molar-refractivity contribution is -0.133. The number of nitrogens with one attached hydrogen (secondary N) is 1. The van der Waals surface area contributed by atoms with E-state index in [-0.39, 0.29) is 11.8 Å². The molecular weight excluding hydrogens is 286 g/mol. The Morgan fingerprint density at radius 2 is 2.05 bits per heavy atom. The number of carbonyl (C=O) groups is 2. The van der Waals surface area contributed by atoms with Crippen LogP contribution in [-0.2, 0) is 16.0 Å². The SMILES string of the molecule is CCNC(=O)CN1CCN(C(=O)CCc2cccs2)CC1. The highest BCUT2D eigenvalue weighted by Crippen LogP contribution is 2.12.